The second-order valence-corrected chi connectivity index (χ2v) is 8.14. The van der Waals surface area contributed by atoms with Crippen molar-refractivity contribution in [3.05, 3.63) is 75.1 Å². The minimum absolute atomic E-state index is 0.0186. The molecular formula is C22H18N2O2S. The lowest BCUT2D eigenvalue weighted by Gasteiger charge is -2.10. The van der Waals surface area contributed by atoms with Crippen LogP contribution >= 0.6 is 11.3 Å². The second-order valence-electron chi connectivity index (χ2n) is 7.05. The number of hydrogen-bond donors (Lipinski definition) is 0. The van der Waals surface area contributed by atoms with Crippen LogP contribution in [0.3, 0.4) is 0 Å². The Morgan fingerprint density at radius 1 is 1.07 bits per heavy atom. The van der Waals surface area contributed by atoms with Crippen molar-refractivity contribution in [2.45, 2.75) is 32.2 Å². The first-order valence-corrected chi connectivity index (χ1v) is 10.0. The van der Waals surface area contributed by atoms with Crippen molar-refractivity contribution in [2.75, 3.05) is 0 Å². The summed E-state index contributed by atoms with van der Waals surface area (Å²) in [5.74, 6) is -0.0758. The SMILES string of the molecule is O=C(Cn1cnc2sc3c(c2c1=O)CCCC3)c1ccc2ccccc2c1. The number of hydrogen-bond acceptors (Lipinski definition) is 4. The lowest BCUT2D eigenvalue weighted by molar-refractivity contribution is 0.0971. The van der Waals surface area contributed by atoms with Crippen molar-refractivity contribution in [3.63, 3.8) is 0 Å². The van der Waals surface area contributed by atoms with Crippen molar-refractivity contribution in [2.24, 2.45) is 0 Å². The Kier molecular flexibility index (Phi) is 3.90. The van der Waals surface area contributed by atoms with Crippen LogP contribution in [0.5, 0.6) is 0 Å². The van der Waals surface area contributed by atoms with Gasteiger partial charge in [-0.3, -0.25) is 14.2 Å². The number of aromatic nitrogens is 2. The number of carbonyl (C=O) groups is 1. The fourth-order valence-corrected chi connectivity index (χ4v) is 5.12. The largest absolute Gasteiger partial charge is 0.292 e. The topological polar surface area (TPSA) is 52.0 Å². The zero-order valence-electron chi connectivity index (χ0n) is 14.8. The van der Waals surface area contributed by atoms with Crippen LogP contribution in [0.15, 0.2) is 53.6 Å². The predicted molar refractivity (Wildman–Crippen MR) is 109 cm³/mol. The van der Waals surface area contributed by atoms with E-state index in [1.807, 2.05) is 42.5 Å². The van der Waals surface area contributed by atoms with Gasteiger partial charge in [0.25, 0.3) is 5.56 Å². The summed E-state index contributed by atoms with van der Waals surface area (Å²) in [5.41, 5.74) is 1.69. The van der Waals surface area contributed by atoms with E-state index in [-0.39, 0.29) is 17.9 Å². The summed E-state index contributed by atoms with van der Waals surface area (Å²) in [6.07, 6.45) is 5.78. The molecular weight excluding hydrogens is 356 g/mol. The maximum Gasteiger partial charge on any atom is 0.262 e. The molecule has 2 aromatic heterocycles. The summed E-state index contributed by atoms with van der Waals surface area (Å²) in [5, 5.41) is 2.85. The zero-order chi connectivity index (χ0) is 18.4. The molecule has 0 saturated heterocycles. The Labute approximate surface area is 160 Å². The van der Waals surface area contributed by atoms with Crippen LogP contribution in [0.4, 0.5) is 0 Å². The van der Waals surface area contributed by atoms with Crippen molar-refractivity contribution >= 4 is 38.1 Å². The number of nitrogens with zero attached hydrogens (tertiary/aromatic N) is 2. The minimum Gasteiger partial charge on any atom is -0.292 e. The highest BCUT2D eigenvalue weighted by Crippen LogP contribution is 2.33. The highest BCUT2D eigenvalue weighted by molar-refractivity contribution is 7.18. The molecule has 0 saturated carbocycles. The standard InChI is InChI=1S/C22H18N2O2S/c25-18(16-10-9-14-5-1-2-6-15(14)11-16)12-24-13-23-21-20(22(24)26)17-7-3-4-8-19(17)27-21/h1-2,5-6,9-11,13H,3-4,7-8,12H2. The molecule has 0 radical (unpaired) electrons. The van der Waals surface area contributed by atoms with E-state index in [1.54, 1.807) is 11.3 Å². The first-order chi connectivity index (χ1) is 13.2. The maximum atomic E-state index is 13.0. The van der Waals surface area contributed by atoms with Gasteiger partial charge in [0.15, 0.2) is 5.78 Å². The fourth-order valence-electron chi connectivity index (χ4n) is 3.90. The van der Waals surface area contributed by atoms with Gasteiger partial charge in [0, 0.05) is 10.4 Å². The Hall–Kier alpha value is -2.79. The highest BCUT2D eigenvalue weighted by Gasteiger charge is 2.20. The Morgan fingerprint density at radius 3 is 2.78 bits per heavy atom. The first-order valence-electron chi connectivity index (χ1n) is 9.22. The number of thiophene rings is 1. The summed E-state index contributed by atoms with van der Waals surface area (Å²) in [4.78, 5) is 32.4. The van der Waals surface area contributed by atoms with Gasteiger partial charge in [-0.1, -0.05) is 36.4 Å². The normalized spacial score (nSPS) is 13.8. The molecule has 4 aromatic rings. The monoisotopic (exact) mass is 374 g/mol. The predicted octanol–water partition coefficient (Wildman–Crippen LogP) is 4.37. The van der Waals surface area contributed by atoms with Crippen molar-refractivity contribution in [3.8, 4) is 0 Å². The molecule has 0 aliphatic heterocycles. The smallest absolute Gasteiger partial charge is 0.262 e. The van der Waals surface area contributed by atoms with Crippen molar-refractivity contribution in [1.29, 1.82) is 0 Å². The van der Waals surface area contributed by atoms with E-state index in [2.05, 4.69) is 4.98 Å². The Morgan fingerprint density at radius 2 is 1.89 bits per heavy atom. The van der Waals surface area contributed by atoms with Crippen LogP contribution in [0.2, 0.25) is 0 Å². The zero-order valence-corrected chi connectivity index (χ0v) is 15.6. The first kappa shape index (κ1) is 16.4. The maximum absolute atomic E-state index is 13.0. The van der Waals surface area contributed by atoms with Crippen LogP contribution in [0, 0.1) is 0 Å². The molecule has 27 heavy (non-hydrogen) atoms. The van der Waals surface area contributed by atoms with E-state index in [0.29, 0.717) is 5.56 Å². The number of Topliss-reactive ketones (excluding diaryl/α,β-unsaturated/α-hetero) is 1. The average Bonchev–Trinajstić information content (AvgIpc) is 3.09. The van der Waals surface area contributed by atoms with Gasteiger partial charge in [0.2, 0.25) is 0 Å². The van der Waals surface area contributed by atoms with Crippen LogP contribution < -0.4 is 5.56 Å². The molecule has 2 heterocycles. The molecule has 0 amide bonds. The van der Waals surface area contributed by atoms with Gasteiger partial charge in [-0.25, -0.2) is 4.98 Å². The molecule has 0 fully saturated rings. The quantitative estimate of drug-likeness (QED) is 0.500. The third kappa shape index (κ3) is 2.79. The van der Waals surface area contributed by atoms with Gasteiger partial charge in [-0.2, -0.15) is 0 Å². The molecule has 1 aliphatic rings. The third-order valence-corrected chi connectivity index (χ3v) is 6.53. The highest BCUT2D eigenvalue weighted by atomic mass is 32.1. The van der Waals surface area contributed by atoms with Gasteiger partial charge < -0.3 is 0 Å². The van der Waals surface area contributed by atoms with Crippen LogP contribution in [0.25, 0.3) is 21.0 Å². The van der Waals surface area contributed by atoms with E-state index in [0.717, 1.165) is 45.8 Å². The van der Waals surface area contributed by atoms with Gasteiger partial charge in [-0.05, 0) is 48.1 Å². The molecule has 134 valence electrons. The minimum atomic E-state index is -0.0893. The lowest BCUT2D eigenvalue weighted by Crippen LogP contribution is -2.25. The van der Waals surface area contributed by atoms with E-state index in [1.165, 1.54) is 22.2 Å². The number of carbonyl (C=O) groups excluding carboxylic acids is 1. The van der Waals surface area contributed by atoms with E-state index in [4.69, 9.17) is 0 Å². The van der Waals surface area contributed by atoms with E-state index < -0.39 is 0 Å². The second kappa shape index (κ2) is 6.43. The number of fused-ring (bicyclic) bond motifs is 4. The number of rotatable bonds is 3. The van der Waals surface area contributed by atoms with Gasteiger partial charge in [0.1, 0.15) is 4.83 Å². The van der Waals surface area contributed by atoms with Gasteiger partial charge >= 0.3 is 0 Å². The summed E-state index contributed by atoms with van der Waals surface area (Å²) >= 11 is 1.63. The van der Waals surface area contributed by atoms with E-state index in [9.17, 15) is 9.59 Å². The van der Waals surface area contributed by atoms with E-state index >= 15 is 0 Å². The summed E-state index contributed by atoms with van der Waals surface area (Å²) in [6, 6.07) is 13.6. The summed E-state index contributed by atoms with van der Waals surface area (Å²) < 4.78 is 1.46. The molecule has 4 nitrogen and oxygen atoms in total. The summed E-state index contributed by atoms with van der Waals surface area (Å²) in [7, 11) is 0. The van der Waals surface area contributed by atoms with Crippen LogP contribution in [-0.4, -0.2) is 15.3 Å². The lowest BCUT2D eigenvalue weighted by atomic mass is 9.97. The number of aryl methyl sites for hydroxylation is 2. The number of ketones is 1. The Bertz CT molecular complexity index is 1250. The third-order valence-electron chi connectivity index (χ3n) is 5.33. The molecule has 1 aliphatic carbocycles. The molecule has 0 atom stereocenters. The van der Waals surface area contributed by atoms with Crippen LogP contribution in [0.1, 0.15) is 33.6 Å². The average molecular weight is 374 g/mol. The van der Waals surface area contributed by atoms with Crippen molar-refractivity contribution in [1.82, 2.24) is 9.55 Å². The molecule has 0 bridgehead atoms. The van der Waals surface area contributed by atoms with Crippen molar-refractivity contribution < 1.29 is 4.79 Å². The molecule has 0 N–H and O–H groups in total. The molecule has 0 spiro atoms. The molecule has 2 aromatic carbocycles. The van der Waals surface area contributed by atoms with Crippen LogP contribution in [-0.2, 0) is 19.4 Å². The molecule has 5 rings (SSSR count). The Balaban J connectivity index is 1.52. The molecule has 5 heteroatoms. The number of benzene rings is 2. The fraction of sp³-hybridized carbons (Fsp3) is 0.227. The van der Waals surface area contributed by atoms with Gasteiger partial charge in [0.05, 0.1) is 18.3 Å². The van der Waals surface area contributed by atoms with Gasteiger partial charge in [-0.15, -0.1) is 11.3 Å². The molecule has 0 unspecified atom stereocenters. The summed E-state index contributed by atoms with van der Waals surface area (Å²) in [6.45, 7) is 0.0186.